The molecule has 2 aromatic heterocycles. The van der Waals surface area contributed by atoms with Crippen LogP contribution in [0.4, 0.5) is 5.82 Å². The van der Waals surface area contributed by atoms with Crippen LogP contribution in [0.2, 0.25) is 0 Å². The number of nitrogen functional groups attached to an aromatic ring is 1. The quantitative estimate of drug-likeness (QED) is 0.476. The third-order valence-electron chi connectivity index (χ3n) is 5.91. The minimum atomic E-state index is -0.547. The fourth-order valence-corrected chi connectivity index (χ4v) is 4.31. The number of ether oxygens (including phenoxy) is 4. The average molecular weight is 446 g/mol. The topological polar surface area (TPSA) is 111 Å². The van der Waals surface area contributed by atoms with E-state index in [0.717, 1.165) is 12.8 Å². The molecule has 2 N–H and O–H groups in total. The summed E-state index contributed by atoms with van der Waals surface area (Å²) in [5, 5.41) is 0. The first kappa shape index (κ1) is 19.8. The van der Waals surface area contributed by atoms with Crippen molar-refractivity contribution >= 4 is 34.0 Å². The Morgan fingerprint density at radius 3 is 2.64 bits per heavy atom. The lowest BCUT2D eigenvalue weighted by Gasteiger charge is -2.19. The molecule has 4 heterocycles. The smallest absolute Gasteiger partial charge is 0.344 e. The molecule has 2 aliphatic rings. The van der Waals surface area contributed by atoms with E-state index in [4.69, 9.17) is 34.6 Å². The van der Waals surface area contributed by atoms with Crippen molar-refractivity contribution in [3.63, 3.8) is 0 Å². The van der Waals surface area contributed by atoms with Crippen molar-refractivity contribution in [2.75, 3.05) is 32.2 Å². The lowest BCUT2D eigenvalue weighted by atomic mass is 10.2. The van der Waals surface area contributed by atoms with E-state index < -0.39 is 5.97 Å². The molecule has 0 unspecified atom stereocenters. The fraction of sp³-hybridized carbons (Fsp3) is 0.292. The molecule has 2 aromatic carbocycles. The molecule has 1 saturated heterocycles. The lowest BCUT2D eigenvalue weighted by Crippen LogP contribution is -2.18. The molecule has 9 nitrogen and oxygen atoms in total. The van der Waals surface area contributed by atoms with Gasteiger partial charge in [0, 0.05) is 12.7 Å². The van der Waals surface area contributed by atoms with Crippen LogP contribution in [-0.4, -0.2) is 53.0 Å². The minimum Gasteiger partial charge on any atom is -0.486 e. The van der Waals surface area contributed by atoms with E-state index in [9.17, 15) is 4.79 Å². The molecular formula is C24H22N4O5. The van der Waals surface area contributed by atoms with Crippen LogP contribution in [0.3, 0.4) is 0 Å². The molecule has 0 spiro atoms. The summed E-state index contributed by atoms with van der Waals surface area (Å²) in [6, 6.07) is 13.0. The number of nitrogens with two attached hydrogens (primary N) is 1. The highest BCUT2D eigenvalue weighted by molar-refractivity contribution is 6.09. The Balaban J connectivity index is 1.50. The predicted molar refractivity (Wildman–Crippen MR) is 121 cm³/mol. The normalized spacial score (nSPS) is 17.5. The predicted octanol–water partition coefficient (Wildman–Crippen LogP) is 3.26. The SMILES string of the molecule is Nc1c(C(=O)OC[C@@H]2CCCO2)c2nc3ccccc3nc2n1-c1ccc2c(c1)OCCO2. The zero-order chi connectivity index (χ0) is 22.4. The molecule has 0 saturated carbocycles. The van der Waals surface area contributed by atoms with Crippen molar-refractivity contribution in [1.82, 2.24) is 14.5 Å². The number of carbonyl (C=O) groups is 1. The summed E-state index contributed by atoms with van der Waals surface area (Å²) in [6.07, 6.45) is 1.74. The number of esters is 1. The highest BCUT2D eigenvalue weighted by Crippen LogP contribution is 2.36. The van der Waals surface area contributed by atoms with Crippen LogP contribution in [0, 0.1) is 0 Å². The van der Waals surface area contributed by atoms with Crippen molar-refractivity contribution in [2.45, 2.75) is 18.9 Å². The van der Waals surface area contributed by atoms with Crippen LogP contribution in [0.15, 0.2) is 42.5 Å². The van der Waals surface area contributed by atoms with E-state index in [1.54, 1.807) is 4.57 Å². The summed E-state index contributed by atoms with van der Waals surface area (Å²) in [7, 11) is 0. The van der Waals surface area contributed by atoms with Crippen molar-refractivity contribution < 1.29 is 23.7 Å². The molecule has 6 rings (SSSR count). The zero-order valence-corrected chi connectivity index (χ0v) is 17.8. The van der Waals surface area contributed by atoms with Crippen LogP contribution in [0.1, 0.15) is 23.2 Å². The minimum absolute atomic E-state index is 0.0896. The molecule has 4 aromatic rings. The van der Waals surface area contributed by atoms with Gasteiger partial charge in [-0.1, -0.05) is 12.1 Å². The molecule has 168 valence electrons. The van der Waals surface area contributed by atoms with Gasteiger partial charge in [0.15, 0.2) is 17.1 Å². The number of hydrogen-bond donors (Lipinski definition) is 1. The molecule has 2 aliphatic heterocycles. The molecule has 0 radical (unpaired) electrons. The Kier molecular flexibility index (Phi) is 4.76. The Morgan fingerprint density at radius 2 is 1.85 bits per heavy atom. The second kappa shape index (κ2) is 7.93. The summed E-state index contributed by atoms with van der Waals surface area (Å²) in [4.78, 5) is 22.7. The molecule has 0 bridgehead atoms. The van der Waals surface area contributed by atoms with Gasteiger partial charge in [-0.2, -0.15) is 0 Å². The second-order valence-electron chi connectivity index (χ2n) is 8.04. The largest absolute Gasteiger partial charge is 0.486 e. The maximum atomic E-state index is 13.2. The van der Waals surface area contributed by atoms with Crippen LogP contribution < -0.4 is 15.2 Å². The van der Waals surface area contributed by atoms with Crippen LogP contribution in [-0.2, 0) is 9.47 Å². The first-order valence-corrected chi connectivity index (χ1v) is 10.9. The zero-order valence-electron chi connectivity index (χ0n) is 17.8. The number of carbonyl (C=O) groups excluding carboxylic acids is 1. The van der Waals surface area contributed by atoms with Crippen molar-refractivity contribution in [3.05, 3.63) is 48.0 Å². The highest BCUT2D eigenvalue weighted by Gasteiger charge is 2.28. The standard InChI is InChI=1S/C24H22N4O5/c25-22-20(24(29)33-13-15-4-3-9-30-15)21-23(27-17-6-2-1-5-16(17)26-21)28(22)14-7-8-18-19(12-14)32-11-10-31-18/h1-2,5-8,12,15H,3-4,9-11,13,25H2/t15-/m0/s1. The summed E-state index contributed by atoms with van der Waals surface area (Å²) in [6.45, 7) is 1.82. The van der Waals surface area contributed by atoms with Crippen LogP contribution >= 0.6 is 0 Å². The maximum Gasteiger partial charge on any atom is 0.344 e. The van der Waals surface area contributed by atoms with Gasteiger partial charge in [-0.25, -0.2) is 14.8 Å². The molecule has 0 aliphatic carbocycles. The Hall–Kier alpha value is -3.85. The number of para-hydroxylation sites is 2. The fourth-order valence-electron chi connectivity index (χ4n) is 4.31. The van der Waals surface area contributed by atoms with Gasteiger partial charge in [0.1, 0.15) is 36.7 Å². The summed E-state index contributed by atoms with van der Waals surface area (Å²) >= 11 is 0. The first-order valence-electron chi connectivity index (χ1n) is 10.9. The monoisotopic (exact) mass is 446 g/mol. The van der Waals surface area contributed by atoms with Gasteiger partial charge in [0.05, 0.1) is 22.8 Å². The van der Waals surface area contributed by atoms with Crippen molar-refractivity contribution in [3.8, 4) is 17.2 Å². The molecule has 1 atom stereocenters. The third kappa shape index (κ3) is 3.41. The number of anilines is 1. The number of aromatic nitrogens is 3. The van der Waals surface area contributed by atoms with Crippen molar-refractivity contribution in [1.29, 1.82) is 0 Å². The van der Waals surface area contributed by atoms with E-state index in [0.29, 0.717) is 59.2 Å². The van der Waals surface area contributed by atoms with E-state index in [2.05, 4.69) is 0 Å². The molecule has 0 amide bonds. The second-order valence-corrected chi connectivity index (χ2v) is 8.04. The lowest BCUT2D eigenvalue weighted by molar-refractivity contribution is 0.0163. The van der Waals surface area contributed by atoms with E-state index >= 15 is 0 Å². The van der Waals surface area contributed by atoms with E-state index in [-0.39, 0.29) is 24.1 Å². The van der Waals surface area contributed by atoms with Gasteiger partial charge in [-0.3, -0.25) is 4.57 Å². The van der Waals surface area contributed by atoms with Gasteiger partial charge in [0.25, 0.3) is 0 Å². The highest BCUT2D eigenvalue weighted by atomic mass is 16.6. The van der Waals surface area contributed by atoms with Crippen molar-refractivity contribution in [2.24, 2.45) is 0 Å². The number of nitrogens with zero attached hydrogens (tertiary/aromatic N) is 3. The number of benzene rings is 2. The third-order valence-corrected chi connectivity index (χ3v) is 5.91. The summed E-state index contributed by atoms with van der Waals surface area (Å²) in [5.74, 6) is 0.923. The average Bonchev–Trinajstić information content (AvgIpc) is 3.46. The summed E-state index contributed by atoms with van der Waals surface area (Å²) < 4.78 is 24.2. The van der Waals surface area contributed by atoms with E-state index in [1.807, 2.05) is 42.5 Å². The molecular weight excluding hydrogens is 424 g/mol. The van der Waals surface area contributed by atoms with Gasteiger partial charge in [-0.05, 0) is 37.1 Å². The molecule has 1 fully saturated rings. The Morgan fingerprint density at radius 1 is 1.06 bits per heavy atom. The van der Waals surface area contributed by atoms with Gasteiger partial charge in [-0.15, -0.1) is 0 Å². The van der Waals surface area contributed by atoms with Gasteiger partial charge >= 0.3 is 5.97 Å². The maximum absolute atomic E-state index is 13.2. The number of fused-ring (bicyclic) bond motifs is 3. The van der Waals surface area contributed by atoms with Gasteiger partial charge < -0.3 is 24.7 Å². The first-order chi connectivity index (χ1) is 16.2. The van der Waals surface area contributed by atoms with E-state index in [1.165, 1.54) is 0 Å². The Labute approximate surface area is 189 Å². The molecule has 33 heavy (non-hydrogen) atoms. The molecule has 9 heteroatoms. The summed E-state index contributed by atoms with van der Waals surface area (Å²) in [5.41, 5.74) is 9.64. The van der Waals surface area contributed by atoms with Crippen LogP contribution in [0.5, 0.6) is 11.5 Å². The number of rotatable bonds is 4. The van der Waals surface area contributed by atoms with Crippen LogP contribution in [0.25, 0.3) is 27.9 Å². The number of hydrogen-bond acceptors (Lipinski definition) is 8. The van der Waals surface area contributed by atoms with Gasteiger partial charge in [0.2, 0.25) is 0 Å². The Bertz CT molecular complexity index is 1380.